The molecule has 8 nitrogen and oxygen atoms in total. The average molecular weight is 546 g/mol. The van der Waals surface area contributed by atoms with Crippen LogP contribution < -0.4 is 10.1 Å². The van der Waals surface area contributed by atoms with E-state index in [0.29, 0.717) is 36.5 Å². The molecule has 0 atom stereocenters. The number of benzene rings is 2. The number of morpholine rings is 1. The van der Waals surface area contributed by atoms with Crippen LogP contribution in [0.15, 0.2) is 54.9 Å². The predicted molar refractivity (Wildman–Crippen MR) is 156 cm³/mol. The number of nitrogens with one attached hydrogen (secondary N) is 2. The van der Waals surface area contributed by atoms with Gasteiger partial charge in [-0.2, -0.15) is 0 Å². The lowest BCUT2D eigenvalue weighted by atomic mass is 9.97. The maximum atomic E-state index is 15.9. The zero-order chi connectivity index (χ0) is 28.4. The molecule has 9 heteroatoms. The molecule has 0 bridgehead atoms. The van der Waals surface area contributed by atoms with E-state index in [9.17, 15) is 4.79 Å². The first-order valence-corrected chi connectivity index (χ1v) is 13.4. The molecule has 0 radical (unpaired) electrons. The van der Waals surface area contributed by atoms with Crippen LogP contribution in [-0.4, -0.2) is 85.3 Å². The zero-order valence-electron chi connectivity index (χ0n) is 23.7. The van der Waals surface area contributed by atoms with Crippen LogP contribution in [0.3, 0.4) is 0 Å². The van der Waals surface area contributed by atoms with Gasteiger partial charge in [-0.25, -0.2) is 9.37 Å². The fourth-order valence-corrected chi connectivity index (χ4v) is 5.26. The summed E-state index contributed by atoms with van der Waals surface area (Å²) in [7, 11) is 4.98. The Hall–Kier alpha value is -3.95. The number of hydrogen-bond acceptors (Lipinski definition) is 6. The van der Waals surface area contributed by atoms with Gasteiger partial charge in [0, 0.05) is 73.7 Å². The van der Waals surface area contributed by atoms with Crippen molar-refractivity contribution in [3.05, 3.63) is 66.2 Å². The average Bonchev–Trinajstić information content (AvgIpc) is 3.37. The summed E-state index contributed by atoms with van der Waals surface area (Å²) in [5.74, 6) is -0.0264. The van der Waals surface area contributed by atoms with E-state index in [-0.39, 0.29) is 17.2 Å². The Morgan fingerprint density at radius 3 is 2.62 bits per heavy atom. The normalized spacial score (nSPS) is 14.3. The molecule has 1 fully saturated rings. The molecule has 1 saturated heterocycles. The standard InChI is InChI=1S/C31H36FN5O3/c1-31(2,19-37-10-12-40-13-11-37)35-28-24(30(38)36(3)4)14-20(16-26(28)32)21-15-23-25(18-34-29(23)33-17-21)22-8-6-7-9-27(22)39-5/h6-9,14-18,35H,10-13,19H2,1-5H3,(H,33,34). The van der Waals surface area contributed by atoms with Gasteiger partial charge in [-0.05, 0) is 43.7 Å². The van der Waals surface area contributed by atoms with E-state index in [0.717, 1.165) is 35.4 Å². The van der Waals surface area contributed by atoms with Crippen molar-refractivity contribution in [2.45, 2.75) is 19.4 Å². The molecule has 2 aromatic carbocycles. The number of hydrogen-bond donors (Lipinski definition) is 2. The Balaban J connectivity index is 1.55. The Morgan fingerprint density at radius 2 is 1.90 bits per heavy atom. The topological polar surface area (TPSA) is 82.7 Å². The number of aromatic nitrogens is 2. The fraction of sp³-hybridized carbons (Fsp3) is 0.355. The first kappa shape index (κ1) is 27.6. The smallest absolute Gasteiger partial charge is 0.255 e. The second kappa shape index (κ2) is 11.3. The highest BCUT2D eigenvalue weighted by molar-refractivity contribution is 6.02. The van der Waals surface area contributed by atoms with E-state index in [1.165, 1.54) is 11.0 Å². The molecule has 3 heterocycles. The molecule has 1 aliphatic rings. The van der Waals surface area contributed by atoms with E-state index in [1.807, 2.05) is 50.4 Å². The number of carbonyl (C=O) groups is 1. The summed E-state index contributed by atoms with van der Waals surface area (Å²) in [5, 5.41) is 4.22. The zero-order valence-corrected chi connectivity index (χ0v) is 23.7. The van der Waals surface area contributed by atoms with Crippen LogP contribution in [0.4, 0.5) is 10.1 Å². The van der Waals surface area contributed by atoms with Crippen LogP contribution in [-0.2, 0) is 4.74 Å². The van der Waals surface area contributed by atoms with E-state index in [4.69, 9.17) is 9.47 Å². The van der Waals surface area contributed by atoms with Crippen LogP contribution in [0.2, 0.25) is 0 Å². The summed E-state index contributed by atoms with van der Waals surface area (Å²) in [6.07, 6.45) is 3.59. The lowest BCUT2D eigenvalue weighted by Gasteiger charge is -2.36. The van der Waals surface area contributed by atoms with Gasteiger partial charge < -0.3 is 24.7 Å². The van der Waals surface area contributed by atoms with E-state index < -0.39 is 11.4 Å². The maximum Gasteiger partial charge on any atom is 0.255 e. The number of carbonyl (C=O) groups excluding carboxylic acids is 1. The van der Waals surface area contributed by atoms with Gasteiger partial charge in [0.05, 0.1) is 31.6 Å². The number of anilines is 1. The number of halogens is 1. The van der Waals surface area contributed by atoms with Crippen molar-refractivity contribution < 1.29 is 18.7 Å². The lowest BCUT2D eigenvalue weighted by Crippen LogP contribution is -2.48. The van der Waals surface area contributed by atoms with Gasteiger partial charge >= 0.3 is 0 Å². The summed E-state index contributed by atoms with van der Waals surface area (Å²) in [6, 6.07) is 13.0. The van der Waals surface area contributed by atoms with Crippen molar-refractivity contribution in [1.29, 1.82) is 0 Å². The van der Waals surface area contributed by atoms with Crippen LogP contribution >= 0.6 is 0 Å². The molecule has 2 aromatic heterocycles. The van der Waals surface area contributed by atoms with Crippen LogP contribution in [0.5, 0.6) is 5.75 Å². The van der Waals surface area contributed by atoms with E-state index in [1.54, 1.807) is 33.5 Å². The van der Waals surface area contributed by atoms with Gasteiger partial charge in [0.1, 0.15) is 17.2 Å². The molecule has 210 valence electrons. The highest BCUT2D eigenvalue weighted by atomic mass is 19.1. The molecular weight excluding hydrogens is 509 g/mol. The van der Waals surface area contributed by atoms with Gasteiger partial charge in [-0.1, -0.05) is 18.2 Å². The molecule has 0 saturated carbocycles. The fourth-order valence-electron chi connectivity index (χ4n) is 5.26. The Morgan fingerprint density at radius 1 is 1.15 bits per heavy atom. The van der Waals surface area contributed by atoms with Crippen LogP contribution in [0.25, 0.3) is 33.3 Å². The van der Waals surface area contributed by atoms with Gasteiger partial charge in [-0.15, -0.1) is 0 Å². The number of fused-ring (bicyclic) bond motifs is 1. The first-order chi connectivity index (χ1) is 19.2. The largest absolute Gasteiger partial charge is 0.496 e. The van der Waals surface area contributed by atoms with E-state index in [2.05, 4.69) is 20.2 Å². The van der Waals surface area contributed by atoms with Crippen molar-refractivity contribution in [2.75, 3.05) is 59.4 Å². The molecule has 40 heavy (non-hydrogen) atoms. The Bertz CT molecular complexity index is 1520. The predicted octanol–water partition coefficient (Wildman–Crippen LogP) is 5.27. The maximum absolute atomic E-state index is 15.9. The van der Waals surface area contributed by atoms with Crippen molar-refractivity contribution >= 4 is 22.6 Å². The van der Waals surface area contributed by atoms with Crippen molar-refractivity contribution in [3.63, 3.8) is 0 Å². The monoisotopic (exact) mass is 545 g/mol. The third-order valence-corrected chi connectivity index (χ3v) is 7.17. The molecule has 1 aliphatic heterocycles. The Kier molecular flexibility index (Phi) is 7.78. The number of amides is 1. The van der Waals surface area contributed by atoms with Crippen molar-refractivity contribution in [2.24, 2.45) is 0 Å². The van der Waals surface area contributed by atoms with Gasteiger partial charge in [0.15, 0.2) is 0 Å². The third kappa shape index (κ3) is 5.66. The minimum Gasteiger partial charge on any atom is -0.496 e. The van der Waals surface area contributed by atoms with E-state index >= 15 is 4.39 Å². The molecule has 0 aliphatic carbocycles. The number of nitrogens with zero attached hydrogens (tertiary/aromatic N) is 3. The number of pyridine rings is 1. The van der Waals surface area contributed by atoms with Crippen LogP contribution in [0.1, 0.15) is 24.2 Å². The number of H-pyrrole nitrogens is 1. The second-order valence-electron chi connectivity index (χ2n) is 11.0. The minimum atomic E-state index is -0.490. The summed E-state index contributed by atoms with van der Waals surface area (Å²) in [6.45, 7) is 7.73. The molecule has 0 spiro atoms. The summed E-state index contributed by atoms with van der Waals surface area (Å²) in [5.41, 5.74) is 3.81. The molecule has 4 aromatic rings. The molecule has 5 rings (SSSR count). The number of methoxy groups -OCH3 is 1. The SMILES string of the molecule is COc1ccccc1-c1c[nH]c2ncc(-c3cc(F)c(NC(C)(C)CN4CCOCC4)c(C(=O)N(C)C)c3)cc12. The minimum absolute atomic E-state index is 0.200. The molecule has 0 unspecified atom stereocenters. The van der Waals surface area contributed by atoms with Gasteiger partial charge in [0.2, 0.25) is 0 Å². The quantitative estimate of drug-likeness (QED) is 0.314. The highest BCUT2D eigenvalue weighted by Crippen LogP contribution is 2.37. The summed E-state index contributed by atoms with van der Waals surface area (Å²) < 4.78 is 27.0. The molecule has 1 amide bonds. The molecule has 2 N–H and O–H groups in total. The third-order valence-electron chi connectivity index (χ3n) is 7.17. The lowest BCUT2D eigenvalue weighted by molar-refractivity contribution is 0.0317. The summed E-state index contributed by atoms with van der Waals surface area (Å²) in [4.78, 5) is 24.9. The number of ether oxygens (including phenoxy) is 2. The van der Waals surface area contributed by atoms with Crippen LogP contribution in [0, 0.1) is 5.82 Å². The molecular formula is C31H36FN5O3. The number of rotatable bonds is 8. The van der Waals surface area contributed by atoms with Gasteiger partial charge in [0.25, 0.3) is 5.91 Å². The summed E-state index contributed by atoms with van der Waals surface area (Å²) >= 11 is 0. The second-order valence-corrected chi connectivity index (χ2v) is 11.0. The highest BCUT2D eigenvalue weighted by Gasteiger charge is 2.28. The van der Waals surface area contributed by atoms with Gasteiger partial charge in [-0.3, -0.25) is 9.69 Å². The van der Waals surface area contributed by atoms with Crippen molar-refractivity contribution in [3.8, 4) is 28.0 Å². The first-order valence-electron chi connectivity index (χ1n) is 13.4. The number of para-hydroxylation sites is 1. The number of aromatic amines is 1. The Labute approximate surface area is 234 Å². The van der Waals surface area contributed by atoms with Crippen molar-refractivity contribution in [1.82, 2.24) is 19.8 Å².